The first-order valence-corrected chi connectivity index (χ1v) is 5.83. The highest BCUT2D eigenvalue weighted by atomic mass is 16.5. The summed E-state index contributed by atoms with van der Waals surface area (Å²) >= 11 is 0. The molecule has 0 spiro atoms. The highest BCUT2D eigenvalue weighted by molar-refractivity contribution is 5.37. The number of ether oxygens (including phenoxy) is 1. The minimum atomic E-state index is -0.318. The van der Waals surface area contributed by atoms with E-state index in [0.29, 0.717) is 13.0 Å². The molecule has 0 saturated carbocycles. The summed E-state index contributed by atoms with van der Waals surface area (Å²) in [5.41, 5.74) is 7.59. The van der Waals surface area contributed by atoms with Crippen LogP contribution in [0.4, 0.5) is 0 Å². The third-order valence-electron chi connectivity index (χ3n) is 2.54. The van der Waals surface area contributed by atoms with Crippen LogP contribution >= 0.6 is 0 Å². The molecule has 1 heterocycles. The third kappa shape index (κ3) is 7.11. The molecule has 0 bridgehead atoms. The fourth-order valence-corrected chi connectivity index (χ4v) is 1.44. The first-order chi connectivity index (χ1) is 8.39. The fourth-order valence-electron chi connectivity index (χ4n) is 1.44. The second kappa shape index (κ2) is 7.92. The number of carbonyl (C=O) groups is 1. The number of nitrogens with one attached hydrogen (secondary N) is 1. The van der Waals surface area contributed by atoms with E-state index in [-0.39, 0.29) is 17.6 Å². The summed E-state index contributed by atoms with van der Waals surface area (Å²) in [5, 5.41) is 15.6. The van der Waals surface area contributed by atoms with Crippen LogP contribution in [0, 0.1) is 5.41 Å². The van der Waals surface area contributed by atoms with Gasteiger partial charge >= 0.3 is 0 Å². The van der Waals surface area contributed by atoms with Gasteiger partial charge in [-0.1, -0.05) is 5.11 Å². The molecular weight excluding hydrogens is 236 g/mol. The van der Waals surface area contributed by atoms with Crippen molar-refractivity contribution in [2.75, 3.05) is 26.2 Å². The van der Waals surface area contributed by atoms with E-state index in [4.69, 9.17) is 10.6 Å². The van der Waals surface area contributed by atoms with Crippen LogP contribution in [0.5, 0.6) is 0 Å². The van der Waals surface area contributed by atoms with E-state index in [9.17, 15) is 4.79 Å². The predicted octanol–water partition coefficient (Wildman–Crippen LogP) is 1.23. The van der Waals surface area contributed by atoms with Crippen LogP contribution in [0.15, 0.2) is 5.11 Å². The number of aliphatic hydroxyl groups excluding tert-OH is 1. The summed E-state index contributed by atoms with van der Waals surface area (Å²) in [7, 11) is 0. The maximum absolute atomic E-state index is 9.60. The van der Waals surface area contributed by atoms with E-state index in [1.54, 1.807) is 0 Å². The lowest BCUT2D eigenvalue weighted by molar-refractivity contribution is -0.138. The normalized spacial score (nSPS) is 22.4. The predicted molar refractivity (Wildman–Crippen MR) is 67.9 cm³/mol. The van der Waals surface area contributed by atoms with Crippen LogP contribution < -0.4 is 5.32 Å². The molecule has 1 rings (SSSR count). The van der Waals surface area contributed by atoms with E-state index >= 15 is 0 Å². The maximum Gasteiger partial charge on any atom is 0.293 e. The molecule has 1 aliphatic rings. The van der Waals surface area contributed by atoms with E-state index < -0.39 is 0 Å². The Morgan fingerprint density at radius 1 is 1.61 bits per heavy atom. The monoisotopic (exact) mass is 258 g/mol. The Morgan fingerprint density at radius 2 is 2.28 bits per heavy atom. The summed E-state index contributed by atoms with van der Waals surface area (Å²) in [5.74, 6) is 0. The van der Waals surface area contributed by atoms with Crippen molar-refractivity contribution in [2.45, 2.75) is 32.8 Å². The highest BCUT2D eigenvalue weighted by Crippen LogP contribution is 2.24. The van der Waals surface area contributed by atoms with Gasteiger partial charge in [0, 0.05) is 23.4 Å². The number of carbonyl (C=O) groups excluding carboxylic acids is 1. The molecule has 0 aromatic carbocycles. The minimum Gasteiger partial charge on any atom is -0.462 e. The number of aliphatic hydroxyl groups is 1. The Morgan fingerprint density at radius 3 is 2.56 bits per heavy atom. The number of azide groups is 1. The molecule has 104 valence electrons. The average molecular weight is 258 g/mol. The van der Waals surface area contributed by atoms with Crippen molar-refractivity contribution >= 4 is 6.47 Å². The topological polar surface area (TPSA) is 107 Å². The Hall–Kier alpha value is -1.30. The molecule has 1 aliphatic heterocycles. The Balaban J connectivity index is 0.000000360. The van der Waals surface area contributed by atoms with E-state index in [2.05, 4.69) is 20.1 Å². The van der Waals surface area contributed by atoms with Crippen LogP contribution in [0.1, 0.15) is 27.2 Å². The van der Waals surface area contributed by atoms with Gasteiger partial charge in [-0.05, 0) is 39.3 Å². The quantitative estimate of drug-likeness (QED) is 0.342. The highest BCUT2D eigenvalue weighted by Gasteiger charge is 2.32. The summed E-state index contributed by atoms with van der Waals surface area (Å²) in [4.78, 5) is 12.3. The molecule has 0 radical (unpaired) electrons. The zero-order valence-electron chi connectivity index (χ0n) is 11.2. The Labute approximate surface area is 107 Å². The molecule has 18 heavy (non-hydrogen) atoms. The molecule has 2 N–H and O–H groups in total. The summed E-state index contributed by atoms with van der Waals surface area (Å²) in [6, 6.07) is 0. The first-order valence-electron chi connectivity index (χ1n) is 5.83. The molecule has 1 saturated heterocycles. The van der Waals surface area contributed by atoms with Gasteiger partial charge in [-0.15, -0.1) is 0 Å². The zero-order chi connectivity index (χ0) is 14.1. The van der Waals surface area contributed by atoms with E-state index in [0.717, 1.165) is 19.5 Å². The van der Waals surface area contributed by atoms with Crippen molar-refractivity contribution in [3.63, 3.8) is 0 Å². The van der Waals surface area contributed by atoms with Crippen molar-refractivity contribution in [2.24, 2.45) is 10.5 Å². The lowest BCUT2D eigenvalue weighted by atomic mass is 9.89. The molecule has 7 heteroatoms. The lowest BCUT2D eigenvalue weighted by Gasteiger charge is -2.22. The number of rotatable bonds is 4. The van der Waals surface area contributed by atoms with Crippen LogP contribution in [-0.4, -0.2) is 43.4 Å². The molecule has 1 fully saturated rings. The smallest absolute Gasteiger partial charge is 0.293 e. The van der Waals surface area contributed by atoms with Gasteiger partial charge in [-0.3, -0.25) is 4.79 Å². The largest absolute Gasteiger partial charge is 0.462 e. The summed E-state index contributed by atoms with van der Waals surface area (Å²) < 4.78 is 4.55. The van der Waals surface area contributed by atoms with Gasteiger partial charge in [0.15, 0.2) is 0 Å². The molecular formula is C11H22N4O3. The Kier molecular flexibility index (Phi) is 7.35. The van der Waals surface area contributed by atoms with Gasteiger partial charge in [0.1, 0.15) is 5.60 Å². The van der Waals surface area contributed by atoms with Gasteiger partial charge in [-0.25, -0.2) is 0 Å². The lowest BCUT2D eigenvalue weighted by Crippen LogP contribution is -2.31. The van der Waals surface area contributed by atoms with E-state index in [1.807, 2.05) is 20.8 Å². The third-order valence-corrected chi connectivity index (χ3v) is 2.54. The summed E-state index contributed by atoms with van der Waals surface area (Å²) in [6.45, 7) is 8.07. The second-order valence-corrected chi connectivity index (χ2v) is 5.30. The van der Waals surface area contributed by atoms with Gasteiger partial charge in [0.05, 0.1) is 6.61 Å². The SMILES string of the molecule is CC(C)(C)OC=O.[N-]=[N+]=NCC1(CO)CCNC1. The number of hydrogen-bond donors (Lipinski definition) is 2. The first kappa shape index (κ1) is 16.7. The number of nitrogens with zero attached hydrogens (tertiary/aromatic N) is 3. The van der Waals surface area contributed by atoms with Crippen molar-refractivity contribution in [3.05, 3.63) is 10.4 Å². The van der Waals surface area contributed by atoms with Crippen LogP contribution in [0.3, 0.4) is 0 Å². The second-order valence-electron chi connectivity index (χ2n) is 5.30. The fraction of sp³-hybridized carbons (Fsp3) is 0.909. The molecule has 0 aromatic heterocycles. The Bertz CT molecular complexity index is 289. The van der Waals surface area contributed by atoms with E-state index in [1.165, 1.54) is 0 Å². The standard InChI is InChI=1S/C6H12N4O.C5H10O2/c7-10-9-4-6(5-11)1-2-8-3-6;1-5(2,3)7-4-6/h8,11H,1-5H2;4H,1-3H3. The molecule has 0 amide bonds. The average Bonchev–Trinajstić information content (AvgIpc) is 2.75. The zero-order valence-corrected chi connectivity index (χ0v) is 11.2. The maximum atomic E-state index is 9.60. The molecule has 7 nitrogen and oxygen atoms in total. The van der Waals surface area contributed by atoms with Gasteiger partial charge in [0.25, 0.3) is 6.47 Å². The molecule has 0 aromatic rings. The van der Waals surface area contributed by atoms with Gasteiger partial charge in [-0.2, -0.15) is 0 Å². The van der Waals surface area contributed by atoms with Crippen molar-refractivity contribution in [3.8, 4) is 0 Å². The van der Waals surface area contributed by atoms with Crippen molar-refractivity contribution < 1.29 is 14.6 Å². The molecule has 1 atom stereocenters. The summed E-state index contributed by atoms with van der Waals surface area (Å²) in [6.07, 6.45) is 0.891. The minimum absolute atomic E-state index is 0.0962. The van der Waals surface area contributed by atoms with Crippen LogP contribution in [0.25, 0.3) is 10.4 Å². The number of hydrogen-bond acceptors (Lipinski definition) is 5. The molecule has 0 aliphatic carbocycles. The van der Waals surface area contributed by atoms with Crippen molar-refractivity contribution in [1.82, 2.24) is 5.32 Å². The van der Waals surface area contributed by atoms with Gasteiger partial charge < -0.3 is 15.2 Å². The van der Waals surface area contributed by atoms with Crippen LogP contribution in [-0.2, 0) is 9.53 Å². The van der Waals surface area contributed by atoms with Crippen molar-refractivity contribution in [1.29, 1.82) is 0 Å². The molecule has 1 unspecified atom stereocenters. The van der Waals surface area contributed by atoms with Gasteiger partial charge in [0.2, 0.25) is 0 Å². The van der Waals surface area contributed by atoms with Crippen LogP contribution in [0.2, 0.25) is 0 Å².